The fraction of sp³-hybridized carbons (Fsp3) is 0.533. The highest BCUT2D eigenvalue weighted by Gasteiger charge is 2.07. The van der Waals surface area contributed by atoms with Gasteiger partial charge in [0.1, 0.15) is 0 Å². The molecule has 0 heterocycles. The van der Waals surface area contributed by atoms with E-state index in [0.29, 0.717) is 12.8 Å². The second-order valence-electron chi connectivity index (χ2n) is 9.09. The van der Waals surface area contributed by atoms with E-state index < -0.39 is 0 Å². The van der Waals surface area contributed by atoms with Crippen LogP contribution in [0, 0.1) is 22.7 Å². The highest BCUT2D eigenvalue weighted by atomic mass is 15.1. The van der Waals surface area contributed by atoms with Crippen LogP contribution < -0.4 is 0 Å². The minimum Gasteiger partial charge on any atom is -0.302 e. The van der Waals surface area contributed by atoms with E-state index in [2.05, 4.69) is 82.6 Å². The molecule has 2 aromatic rings. The molecule has 2 rings (SSSR count). The van der Waals surface area contributed by atoms with Gasteiger partial charge in [-0.15, -0.1) is 0 Å². The van der Waals surface area contributed by atoms with Gasteiger partial charge >= 0.3 is 0 Å². The zero-order valence-corrected chi connectivity index (χ0v) is 20.9. The smallest absolute Gasteiger partial charge is 0.0635 e. The quantitative estimate of drug-likeness (QED) is 0.234. The lowest BCUT2D eigenvalue weighted by Crippen LogP contribution is -2.28. The number of hydrogen-bond donors (Lipinski definition) is 0. The van der Waals surface area contributed by atoms with Gasteiger partial charge in [-0.1, -0.05) is 73.5 Å². The van der Waals surface area contributed by atoms with Crippen molar-refractivity contribution in [2.45, 2.75) is 64.2 Å². The number of rotatable bonds is 19. The van der Waals surface area contributed by atoms with Crippen LogP contribution in [0.3, 0.4) is 0 Å². The molecule has 4 heteroatoms. The van der Waals surface area contributed by atoms with E-state index >= 15 is 0 Å². The van der Waals surface area contributed by atoms with Gasteiger partial charge in [-0.25, -0.2) is 0 Å². The van der Waals surface area contributed by atoms with E-state index in [0.717, 1.165) is 65.0 Å². The van der Waals surface area contributed by atoms with Gasteiger partial charge in [0.2, 0.25) is 0 Å². The van der Waals surface area contributed by atoms with Crippen molar-refractivity contribution in [1.82, 2.24) is 9.80 Å². The summed E-state index contributed by atoms with van der Waals surface area (Å²) in [4.78, 5) is 4.93. The minimum atomic E-state index is 0.613. The summed E-state index contributed by atoms with van der Waals surface area (Å²) in [6.45, 7) is 6.08. The molecule has 0 unspecified atom stereocenters. The van der Waals surface area contributed by atoms with Crippen molar-refractivity contribution in [2.24, 2.45) is 0 Å². The average Bonchev–Trinajstić information content (AvgIpc) is 2.88. The summed E-state index contributed by atoms with van der Waals surface area (Å²) < 4.78 is 0. The molecule has 182 valence electrons. The summed E-state index contributed by atoms with van der Waals surface area (Å²) in [5, 5.41) is 18.0. The van der Waals surface area contributed by atoms with E-state index in [1.165, 1.54) is 36.8 Å². The Bertz CT molecular complexity index is 751. The Morgan fingerprint density at radius 2 is 0.853 bits per heavy atom. The molecule has 0 fully saturated rings. The summed E-state index contributed by atoms with van der Waals surface area (Å²) in [6, 6.07) is 25.9. The fourth-order valence-corrected chi connectivity index (χ4v) is 4.41. The first-order chi connectivity index (χ1) is 16.8. The molecule has 0 atom stereocenters. The largest absolute Gasteiger partial charge is 0.302 e. The third-order valence-corrected chi connectivity index (χ3v) is 6.34. The molecule has 0 bridgehead atoms. The van der Waals surface area contributed by atoms with Crippen LogP contribution in [0.1, 0.15) is 62.5 Å². The molecule has 0 aliphatic rings. The molecule has 2 aromatic carbocycles. The van der Waals surface area contributed by atoms with Gasteiger partial charge < -0.3 is 9.80 Å². The number of unbranched alkanes of at least 4 members (excludes halogenated alkanes) is 3. The van der Waals surface area contributed by atoms with Crippen molar-refractivity contribution in [2.75, 3.05) is 39.3 Å². The Morgan fingerprint density at radius 1 is 0.471 bits per heavy atom. The standard InChI is InChI=1S/C30H42N4/c31-21-13-27-33(25-11-19-29-15-5-3-6-16-29)23-9-1-2-10-24-34(28-14-22-32)26-12-20-30-17-7-4-8-18-30/h3-8,15-18H,1-2,9-14,19-20,23-28H2. The van der Waals surface area contributed by atoms with Crippen LogP contribution in [-0.4, -0.2) is 49.1 Å². The molecule has 34 heavy (non-hydrogen) atoms. The van der Waals surface area contributed by atoms with Crippen molar-refractivity contribution in [3.8, 4) is 12.1 Å². The van der Waals surface area contributed by atoms with E-state index in [1.54, 1.807) is 0 Å². The Balaban J connectivity index is 1.60. The lowest BCUT2D eigenvalue weighted by Gasteiger charge is -2.22. The van der Waals surface area contributed by atoms with E-state index in [4.69, 9.17) is 10.5 Å². The lowest BCUT2D eigenvalue weighted by atomic mass is 10.1. The van der Waals surface area contributed by atoms with Crippen LogP contribution in [0.2, 0.25) is 0 Å². The first-order valence-corrected chi connectivity index (χ1v) is 13.1. The molecule has 0 aromatic heterocycles. The molecule has 0 saturated carbocycles. The first kappa shape index (κ1) is 27.6. The molecule has 0 radical (unpaired) electrons. The zero-order valence-electron chi connectivity index (χ0n) is 20.9. The highest BCUT2D eigenvalue weighted by molar-refractivity contribution is 5.15. The predicted octanol–water partition coefficient (Wildman–Crippen LogP) is 6.24. The monoisotopic (exact) mass is 458 g/mol. The molecular formula is C30H42N4. The Hall–Kier alpha value is -2.66. The summed E-state index contributed by atoms with van der Waals surface area (Å²) >= 11 is 0. The maximum atomic E-state index is 9.00. The Kier molecular flexibility index (Phi) is 15.2. The summed E-state index contributed by atoms with van der Waals surface area (Å²) in [7, 11) is 0. The fourth-order valence-electron chi connectivity index (χ4n) is 4.41. The van der Waals surface area contributed by atoms with Crippen molar-refractivity contribution in [3.05, 3.63) is 71.8 Å². The van der Waals surface area contributed by atoms with Crippen molar-refractivity contribution >= 4 is 0 Å². The summed E-state index contributed by atoms with van der Waals surface area (Å²) in [5.41, 5.74) is 2.79. The number of nitriles is 2. The van der Waals surface area contributed by atoms with E-state index in [-0.39, 0.29) is 0 Å². The molecule has 0 spiro atoms. The predicted molar refractivity (Wildman–Crippen MR) is 141 cm³/mol. The Morgan fingerprint density at radius 3 is 1.24 bits per heavy atom. The van der Waals surface area contributed by atoms with Gasteiger partial charge in [-0.2, -0.15) is 10.5 Å². The van der Waals surface area contributed by atoms with Crippen LogP contribution in [0.15, 0.2) is 60.7 Å². The number of hydrogen-bond acceptors (Lipinski definition) is 4. The van der Waals surface area contributed by atoms with Gasteiger partial charge in [-0.3, -0.25) is 0 Å². The molecule has 0 amide bonds. The van der Waals surface area contributed by atoms with Gasteiger partial charge in [0.05, 0.1) is 12.1 Å². The highest BCUT2D eigenvalue weighted by Crippen LogP contribution is 2.09. The minimum absolute atomic E-state index is 0.613. The maximum Gasteiger partial charge on any atom is 0.0635 e. The van der Waals surface area contributed by atoms with Crippen LogP contribution in [0.5, 0.6) is 0 Å². The summed E-state index contributed by atoms with van der Waals surface area (Å²) in [5.74, 6) is 0. The topological polar surface area (TPSA) is 54.1 Å². The van der Waals surface area contributed by atoms with Gasteiger partial charge in [0, 0.05) is 25.9 Å². The average molecular weight is 459 g/mol. The van der Waals surface area contributed by atoms with E-state index in [1.807, 2.05) is 0 Å². The third kappa shape index (κ3) is 13.1. The molecule has 4 nitrogen and oxygen atoms in total. The number of nitrogens with zero attached hydrogens (tertiary/aromatic N) is 4. The van der Waals surface area contributed by atoms with E-state index in [9.17, 15) is 0 Å². The molecule has 0 aliphatic heterocycles. The molecular weight excluding hydrogens is 416 g/mol. The SMILES string of the molecule is N#CCCN(CCCCCCN(CCC#N)CCCc1ccccc1)CCCc1ccccc1. The van der Waals surface area contributed by atoms with Gasteiger partial charge in [0.15, 0.2) is 0 Å². The van der Waals surface area contributed by atoms with Gasteiger partial charge in [0.25, 0.3) is 0 Å². The maximum absolute atomic E-state index is 9.00. The van der Waals surface area contributed by atoms with Crippen molar-refractivity contribution < 1.29 is 0 Å². The number of benzene rings is 2. The van der Waals surface area contributed by atoms with Crippen LogP contribution in [0.25, 0.3) is 0 Å². The van der Waals surface area contributed by atoms with Crippen LogP contribution >= 0.6 is 0 Å². The second kappa shape index (κ2) is 18.7. The number of aryl methyl sites for hydroxylation is 2. The van der Waals surface area contributed by atoms with Crippen LogP contribution in [-0.2, 0) is 12.8 Å². The molecule has 0 saturated heterocycles. The van der Waals surface area contributed by atoms with Crippen molar-refractivity contribution in [1.29, 1.82) is 10.5 Å². The molecule has 0 aliphatic carbocycles. The second-order valence-corrected chi connectivity index (χ2v) is 9.09. The molecule has 0 N–H and O–H groups in total. The third-order valence-electron chi connectivity index (χ3n) is 6.34. The zero-order chi connectivity index (χ0) is 24.1. The Labute approximate surface area is 207 Å². The van der Waals surface area contributed by atoms with Crippen molar-refractivity contribution in [3.63, 3.8) is 0 Å². The first-order valence-electron chi connectivity index (χ1n) is 13.1. The van der Waals surface area contributed by atoms with Gasteiger partial charge in [-0.05, 0) is 75.8 Å². The lowest BCUT2D eigenvalue weighted by molar-refractivity contribution is 0.258. The summed E-state index contributed by atoms with van der Waals surface area (Å²) in [6.07, 6.45) is 10.6. The normalized spacial score (nSPS) is 10.9. The van der Waals surface area contributed by atoms with Crippen LogP contribution in [0.4, 0.5) is 0 Å².